The van der Waals surface area contributed by atoms with Gasteiger partial charge in [-0.25, -0.2) is 9.97 Å². The molecule has 0 saturated carbocycles. The highest BCUT2D eigenvalue weighted by atomic mass is 16.5. The highest BCUT2D eigenvalue weighted by molar-refractivity contribution is 5.42. The molecule has 27 heavy (non-hydrogen) atoms. The van der Waals surface area contributed by atoms with Gasteiger partial charge in [-0.2, -0.15) is 4.98 Å². The number of hydrogen-bond donors (Lipinski definition) is 1. The van der Waals surface area contributed by atoms with Crippen molar-refractivity contribution in [3.8, 4) is 35.3 Å². The van der Waals surface area contributed by atoms with E-state index < -0.39 is 0 Å². The molecule has 0 unspecified atom stereocenters. The molecule has 0 aromatic carbocycles. The van der Waals surface area contributed by atoms with Gasteiger partial charge in [0.25, 0.3) is 0 Å². The molecule has 132 valence electrons. The van der Waals surface area contributed by atoms with Crippen LogP contribution >= 0.6 is 0 Å². The van der Waals surface area contributed by atoms with Gasteiger partial charge in [0.05, 0.1) is 13.3 Å². The first-order valence-corrected chi connectivity index (χ1v) is 7.91. The van der Waals surface area contributed by atoms with Gasteiger partial charge in [-0.1, -0.05) is 11.8 Å². The van der Waals surface area contributed by atoms with Crippen molar-refractivity contribution in [3.63, 3.8) is 0 Å². The summed E-state index contributed by atoms with van der Waals surface area (Å²) in [5, 5.41) is 0. The third-order valence-electron chi connectivity index (χ3n) is 3.19. The van der Waals surface area contributed by atoms with Gasteiger partial charge >= 0.3 is 0 Å². The summed E-state index contributed by atoms with van der Waals surface area (Å²) in [5.41, 5.74) is 7.41. The van der Waals surface area contributed by atoms with Crippen LogP contribution < -0.4 is 15.2 Å². The van der Waals surface area contributed by atoms with Crippen molar-refractivity contribution in [2.24, 2.45) is 0 Å². The van der Waals surface area contributed by atoms with Crippen molar-refractivity contribution >= 4 is 5.95 Å². The van der Waals surface area contributed by atoms with Crippen molar-refractivity contribution in [1.82, 2.24) is 19.9 Å². The van der Waals surface area contributed by atoms with Crippen LogP contribution in [0.1, 0.15) is 17.0 Å². The molecule has 3 heterocycles. The minimum atomic E-state index is 0.103. The molecule has 7 heteroatoms. The van der Waals surface area contributed by atoms with Crippen LogP contribution in [0.3, 0.4) is 0 Å². The molecule has 0 amide bonds. The van der Waals surface area contributed by atoms with E-state index in [4.69, 9.17) is 15.2 Å². The maximum absolute atomic E-state index is 5.60. The quantitative estimate of drug-likeness (QED) is 0.713. The first kappa shape index (κ1) is 17.7. The number of hydrogen-bond acceptors (Lipinski definition) is 7. The summed E-state index contributed by atoms with van der Waals surface area (Å²) < 4.78 is 10.5. The maximum atomic E-state index is 5.60. The molecule has 3 aromatic rings. The van der Waals surface area contributed by atoms with E-state index in [1.165, 1.54) is 7.11 Å². The van der Waals surface area contributed by atoms with Crippen LogP contribution in [0.25, 0.3) is 0 Å². The second-order valence-corrected chi connectivity index (χ2v) is 5.12. The molecular formula is C20H15N5O2. The summed E-state index contributed by atoms with van der Waals surface area (Å²) in [7, 11) is 1.50. The average Bonchev–Trinajstić information content (AvgIpc) is 2.71. The number of pyridine rings is 2. The number of anilines is 1. The number of nitrogens with zero attached hydrogens (tertiary/aromatic N) is 4. The summed E-state index contributed by atoms with van der Waals surface area (Å²) >= 11 is 0. The zero-order valence-electron chi connectivity index (χ0n) is 14.5. The van der Waals surface area contributed by atoms with Crippen molar-refractivity contribution in [2.75, 3.05) is 19.5 Å². The molecule has 0 saturated heterocycles. The molecule has 0 radical (unpaired) electrons. The summed E-state index contributed by atoms with van der Waals surface area (Å²) in [4.78, 5) is 16.2. The first-order chi connectivity index (χ1) is 13.2. The fourth-order valence-corrected chi connectivity index (χ4v) is 1.97. The Morgan fingerprint density at radius 2 is 1.93 bits per heavy atom. The predicted molar refractivity (Wildman–Crippen MR) is 99.8 cm³/mol. The summed E-state index contributed by atoms with van der Waals surface area (Å²) in [6.07, 6.45) is 4.97. The van der Waals surface area contributed by atoms with E-state index in [9.17, 15) is 0 Å². The lowest BCUT2D eigenvalue weighted by atomic mass is 10.2. The minimum Gasteiger partial charge on any atom is -0.481 e. The van der Waals surface area contributed by atoms with E-state index in [0.29, 0.717) is 23.0 Å². The Bertz CT molecular complexity index is 1030. The Kier molecular flexibility index (Phi) is 5.80. The third kappa shape index (κ3) is 5.45. The predicted octanol–water partition coefficient (Wildman–Crippen LogP) is 1.69. The molecule has 3 rings (SSSR count). The molecule has 3 aromatic heterocycles. The largest absolute Gasteiger partial charge is 0.481 e. The second-order valence-electron chi connectivity index (χ2n) is 5.12. The lowest BCUT2D eigenvalue weighted by molar-refractivity contribution is 0.368. The fraction of sp³-hybridized carbons (Fsp3) is 0.100. The van der Waals surface area contributed by atoms with Gasteiger partial charge in [-0.05, 0) is 36.1 Å². The maximum Gasteiger partial charge on any atom is 0.224 e. The summed E-state index contributed by atoms with van der Waals surface area (Å²) in [6.45, 7) is 0.268. The lowest BCUT2D eigenvalue weighted by Gasteiger charge is -1.99. The summed E-state index contributed by atoms with van der Waals surface area (Å²) in [5.74, 6) is 12.8. The normalized spacial score (nSPS) is 9.37. The lowest BCUT2D eigenvalue weighted by Crippen LogP contribution is -1.99. The number of ether oxygens (including phenoxy) is 2. The first-order valence-electron chi connectivity index (χ1n) is 7.91. The highest BCUT2D eigenvalue weighted by Gasteiger charge is 1.99. The Labute approximate surface area is 156 Å². The molecule has 0 fully saturated rings. The van der Waals surface area contributed by atoms with Crippen molar-refractivity contribution < 1.29 is 9.47 Å². The molecule has 0 spiro atoms. The summed E-state index contributed by atoms with van der Waals surface area (Å²) in [6, 6.07) is 8.85. The molecular weight excluding hydrogens is 342 g/mol. The van der Waals surface area contributed by atoms with Gasteiger partial charge in [0.1, 0.15) is 23.7 Å². The molecule has 0 aliphatic heterocycles. The van der Waals surface area contributed by atoms with Gasteiger partial charge in [0.15, 0.2) is 0 Å². The van der Waals surface area contributed by atoms with Crippen LogP contribution in [0.15, 0.2) is 48.9 Å². The highest BCUT2D eigenvalue weighted by Crippen LogP contribution is 2.09. The second kappa shape index (κ2) is 8.84. The van der Waals surface area contributed by atoms with Crippen LogP contribution in [0.4, 0.5) is 5.95 Å². The van der Waals surface area contributed by atoms with Crippen LogP contribution in [0.5, 0.6) is 11.6 Å². The van der Waals surface area contributed by atoms with Crippen LogP contribution in [-0.2, 0) is 0 Å². The van der Waals surface area contributed by atoms with E-state index in [0.717, 1.165) is 5.56 Å². The zero-order valence-corrected chi connectivity index (χ0v) is 14.5. The van der Waals surface area contributed by atoms with Gasteiger partial charge in [-0.15, -0.1) is 0 Å². The van der Waals surface area contributed by atoms with Gasteiger partial charge in [0, 0.05) is 24.0 Å². The Hall–Kier alpha value is -4.10. The number of aromatic nitrogens is 4. The number of rotatable bonds is 3. The molecule has 0 aliphatic rings. The number of nitrogen functional groups attached to an aromatic ring is 1. The zero-order chi connectivity index (χ0) is 18.9. The Morgan fingerprint density at radius 3 is 2.67 bits per heavy atom. The molecule has 0 aliphatic carbocycles. The number of nitrogens with two attached hydrogens (primary N) is 1. The van der Waals surface area contributed by atoms with E-state index in [-0.39, 0.29) is 12.6 Å². The van der Waals surface area contributed by atoms with Crippen molar-refractivity contribution in [2.45, 2.75) is 0 Å². The smallest absolute Gasteiger partial charge is 0.224 e. The van der Waals surface area contributed by atoms with E-state index in [2.05, 4.69) is 43.6 Å². The minimum absolute atomic E-state index is 0.103. The van der Waals surface area contributed by atoms with Crippen molar-refractivity contribution in [3.05, 3.63) is 65.9 Å². The van der Waals surface area contributed by atoms with Crippen LogP contribution in [0, 0.1) is 23.7 Å². The SMILES string of the molecule is COc1cc(C#Cc2ccc(C#CCOc3cccnc3)cn2)nc(N)n1. The van der Waals surface area contributed by atoms with Gasteiger partial charge < -0.3 is 15.2 Å². The van der Waals surface area contributed by atoms with E-state index >= 15 is 0 Å². The monoisotopic (exact) mass is 357 g/mol. The molecule has 0 atom stereocenters. The molecule has 2 N–H and O–H groups in total. The Morgan fingerprint density at radius 1 is 1.04 bits per heavy atom. The molecule has 0 bridgehead atoms. The topological polar surface area (TPSA) is 96.0 Å². The van der Waals surface area contributed by atoms with Crippen molar-refractivity contribution in [1.29, 1.82) is 0 Å². The number of methoxy groups -OCH3 is 1. The average molecular weight is 357 g/mol. The van der Waals surface area contributed by atoms with E-state index in [1.807, 2.05) is 12.1 Å². The van der Waals surface area contributed by atoms with Gasteiger partial charge in [-0.3, -0.25) is 4.98 Å². The van der Waals surface area contributed by atoms with Gasteiger partial charge in [0.2, 0.25) is 11.8 Å². The fourth-order valence-electron chi connectivity index (χ4n) is 1.97. The Balaban J connectivity index is 1.61. The van der Waals surface area contributed by atoms with Crippen LogP contribution in [-0.4, -0.2) is 33.7 Å². The van der Waals surface area contributed by atoms with E-state index in [1.54, 1.807) is 36.8 Å². The van der Waals surface area contributed by atoms with Crippen LogP contribution in [0.2, 0.25) is 0 Å². The standard InChI is InChI=1S/C20H15N5O2/c1-26-19-12-17(24-20(21)25-19)9-8-16-7-6-15(13-23-16)4-3-11-27-18-5-2-10-22-14-18/h2,5-7,10,12-14H,11H2,1H3,(H2,21,24,25). The molecule has 7 nitrogen and oxygen atoms in total. The third-order valence-corrected chi connectivity index (χ3v) is 3.19.